The van der Waals surface area contributed by atoms with Crippen molar-refractivity contribution < 1.29 is 24.2 Å². The van der Waals surface area contributed by atoms with Gasteiger partial charge in [-0.2, -0.15) is 0 Å². The summed E-state index contributed by atoms with van der Waals surface area (Å²) in [4.78, 5) is 23.9. The average molecular weight is 321 g/mol. The van der Waals surface area contributed by atoms with Gasteiger partial charge in [0.1, 0.15) is 5.56 Å². The van der Waals surface area contributed by atoms with Gasteiger partial charge < -0.3 is 19.9 Å². The Hall–Kier alpha value is -2.24. The highest BCUT2D eigenvalue weighted by Gasteiger charge is 2.23. The van der Waals surface area contributed by atoms with Gasteiger partial charge in [-0.3, -0.25) is 4.79 Å². The second-order valence-corrected chi connectivity index (χ2v) is 5.87. The SMILES string of the molecule is COc1cccc(C(=O)OCC(=O)NC2CCCCC2C)c1O. The molecular formula is C17H23NO5. The van der Waals surface area contributed by atoms with Crippen LogP contribution in [0.5, 0.6) is 11.5 Å². The van der Waals surface area contributed by atoms with Crippen molar-refractivity contribution in [1.82, 2.24) is 5.32 Å². The number of carbonyl (C=O) groups is 2. The molecule has 1 aromatic rings. The van der Waals surface area contributed by atoms with E-state index < -0.39 is 5.97 Å². The predicted molar refractivity (Wildman–Crippen MR) is 84.5 cm³/mol. The number of esters is 1. The summed E-state index contributed by atoms with van der Waals surface area (Å²) in [6, 6.07) is 4.66. The summed E-state index contributed by atoms with van der Waals surface area (Å²) in [5.74, 6) is -0.750. The smallest absolute Gasteiger partial charge is 0.342 e. The Kier molecular flexibility index (Phi) is 5.84. The van der Waals surface area contributed by atoms with Crippen LogP contribution in [-0.4, -0.2) is 36.7 Å². The summed E-state index contributed by atoms with van der Waals surface area (Å²) >= 11 is 0. The van der Waals surface area contributed by atoms with Crippen molar-refractivity contribution in [3.8, 4) is 11.5 Å². The maximum atomic E-state index is 12.0. The maximum Gasteiger partial charge on any atom is 0.342 e. The van der Waals surface area contributed by atoms with Crippen molar-refractivity contribution in [2.45, 2.75) is 38.6 Å². The van der Waals surface area contributed by atoms with E-state index in [-0.39, 0.29) is 35.6 Å². The Morgan fingerprint density at radius 1 is 1.30 bits per heavy atom. The minimum Gasteiger partial charge on any atom is -0.504 e. The first-order chi connectivity index (χ1) is 11.0. The number of ether oxygens (including phenoxy) is 2. The second-order valence-electron chi connectivity index (χ2n) is 5.87. The van der Waals surface area contributed by atoms with Gasteiger partial charge in [-0.25, -0.2) is 4.79 Å². The number of aromatic hydroxyl groups is 1. The van der Waals surface area contributed by atoms with Gasteiger partial charge in [0.05, 0.1) is 7.11 Å². The monoisotopic (exact) mass is 321 g/mol. The molecule has 2 unspecified atom stereocenters. The molecule has 2 rings (SSSR count). The van der Waals surface area contributed by atoms with Crippen LogP contribution in [0, 0.1) is 5.92 Å². The number of nitrogens with one attached hydrogen (secondary N) is 1. The zero-order chi connectivity index (χ0) is 16.8. The molecule has 0 aromatic heterocycles. The fraction of sp³-hybridized carbons (Fsp3) is 0.529. The number of rotatable bonds is 5. The van der Waals surface area contributed by atoms with E-state index in [0.29, 0.717) is 5.92 Å². The Bertz CT molecular complexity index is 572. The number of benzene rings is 1. The lowest BCUT2D eigenvalue weighted by Crippen LogP contribution is -2.42. The highest BCUT2D eigenvalue weighted by molar-refractivity contribution is 5.94. The second kappa shape index (κ2) is 7.85. The van der Waals surface area contributed by atoms with Crippen LogP contribution in [-0.2, 0) is 9.53 Å². The molecule has 126 valence electrons. The number of phenolic OH excluding ortho intramolecular Hbond substituents is 1. The van der Waals surface area contributed by atoms with E-state index in [1.807, 2.05) is 0 Å². The fourth-order valence-corrected chi connectivity index (χ4v) is 2.84. The first-order valence-corrected chi connectivity index (χ1v) is 7.85. The van der Waals surface area contributed by atoms with E-state index in [0.717, 1.165) is 19.3 Å². The summed E-state index contributed by atoms with van der Waals surface area (Å²) in [6.45, 7) is 1.75. The molecule has 1 aliphatic carbocycles. The van der Waals surface area contributed by atoms with Crippen molar-refractivity contribution >= 4 is 11.9 Å². The molecule has 1 aliphatic rings. The lowest BCUT2D eigenvalue weighted by molar-refractivity contribution is -0.125. The lowest BCUT2D eigenvalue weighted by Gasteiger charge is -2.29. The van der Waals surface area contributed by atoms with E-state index in [1.165, 1.54) is 25.7 Å². The molecule has 1 aromatic carbocycles. The molecule has 23 heavy (non-hydrogen) atoms. The van der Waals surface area contributed by atoms with E-state index in [1.54, 1.807) is 6.07 Å². The standard InChI is InChI=1S/C17H23NO5/c1-11-6-3-4-8-13(11)18-15(19)10-23-17(21)12-7-5-9-14(22-2)16(12)20/h5,7,9,11,13,20H,3-4,6,8,10H2,1-2H3,(H,18,19). The van der Waals surface area contributed by atoms with Crippen LogP contribution in [0.15, 0.2) is 18.2 Å². The maximum absolute atomic E-state index is 12.0. The van der Waals surface area contributed by atoms with Crippen molar-refractivity contribution in [2.75, 3.05) is 13.7 Å². The van der Waals surface area contributed by atoms with Crippen LogP contribution in [0.25, 0.3) is 0 Å². The third-order valence-corrected chi connectivity index (χ3v) is 4.23. The number of hydrogen-bond donors (Lipinski definition) is 2. The van der Waals surface area contributed by atoms with Gasteiger partial charge in [0.25, 0.3) is 5.91 Å². The summed E-state index contributed by atoms with van der Waals surface area (Å²) in [5, 5.41) is 12.8. The van der Waals surface area contributed by atoms with Gasteiger partial charge in [0, 0.05) is 6.04 Å². The number of phenols is 1. The number of para-hydroxylation sites is 1. The Morgan fingerprint density at radius 3 is 2.74 bits per heavy atom. The molecule has 0 spiro atoms. The van der Waals surface area contributed by atoms with Gasteiger partial charge in [-0.05, 0) is 30.9 Å². The molecule has 2 N–H and O–H groups in total. The Balaban J connectivity index is 1.87. The molecule has 0 bridgehead atoms. The van der Waals surface area contributed by atoms with E-state index in [4.69, 9.17) is 9.47 Å². The van der Waals surface area contributed by atoms with E-state index in [2.05, 4.69) is 12.2 Å². The zero-order valence-corrected chi connectivity index (χ0v) is 13.5. The Labute approximate surface area is 135 Å². The summed E-state index contributed by atoms with van der Waals surface area (Å²) in [5.41, 5.74) is -0.0248. The van der Waals surface area contributed by atoms with Gasteiger partial charge in [0.2, 0.25) is 0 Å². The molecule has 1 saturated carbocycles. The number of carbonyl (C=O) groups excluding carboxylic acids is 2. The summed E-state index contributed by atoms with van der Waals surface area (Å²) in [6.07, 6.45) is 4.35. The highest BCUT2D eigenvalue weighted by atomic mass is 16.5. The van der Waals surface area contributed by atoms with Crippen LogP contribution in [0.4, 0.5) is 0 Å². The van der Waals surface area contributed by atoms with Crippen LogP contribution in [0.3, 0.4) is 0 Å². The Morgan fingerprint density at radius 2 is 2.04 bits per heavy atom. The minimum atomic E-state index is -0.756. The fourth-order valence-electron chi connectivity index (χ4n) is 2.84. The number of hydrogen-bond acceptors (Lipinski definition) is 5. The molecule has 0 aliphatic heterocycles. The molecule has 0 radical (unpaired) electrons. The molecule has 1 amide bonds. The molecular weight excluding hydrogens is 298 g/mol. The first-order valence-electron chi connectivity index (χ1n) is 7.85. The molecule has 2 atom stereocenters. The van der Waals surface area contributed by atoms with Gasteiger partial charge >= 0.3 is 5.97 Å². The van der Waals surface area contributed by atoms with Crippen molar-refractivity contribution in [2.24, 2.45) is 5.92 Å². The summed E-state index contributed by atoms with van der Waals surface area (Å²) in [7, 11) is 1.39. The first kappa shape index (κ1) is 17.1. The van der Waals surface area contributed by atoms with Crippen molar-refractivity contribution in [3.05, 3.63) is 23.8 Å². The van der Waals surface area contributed by atoms with Gasteiger partial charge in [-0.15, -0.1) is 0 Å². The van der Waals surface area contributed by atoms with Crippen LogP contribution < -0.4 is 10.1 Å². The van der Waals surface area contributed by atoms with Crippen LogP contribution >= 0.6 is 0 Å². The van der Waals surface area contributed by atoms with Gasteiger partial charge in [-0.1, -0.05) is 25.8 Å². The predicted octanol–water partition coefficient (Wildman–Crippen LogP) is 2.25. The van der Waals surface area contributed by atoms with Crippen molar-refractivity contribution in [3.63, 3.8) is 0 Å². The van der Waals surface area contributed by atoms with E-state index in [9.17, 15) is 14.7 Å². The lowest BCUT2D eigenvalue weighted by atomic mass is 9.86. The van der Waals surface area contributed by atoms with Crippen LogP contribution in [0.1, 0.15) is 43.0 Å². The summed E-state index contributed by atoms with van der Waals surface area (Å²) < 4.78 is 9.92. The largest absolute Gasteiger partial charge is 0.504 e. The van der Waals surface area contributed by atoms with Crippen molar-refractivity contribution in [1.29, 1.82) is 0 Å². The average Bonchev–Trinajstić information content (AvgIpc) is 2.55. The van der Waals surface area contributed by atoms with Crippen LogP contribution in [0.2, 0.25) is 0 Å². The highest BCUT2D eigenvalue weighted by Crippen LogP contribution is 2.29. The molecule has 1 fully saturated rings. The third kappa shape index (κ3) is 4.37. The quantitative estimate of drug-likeness (QED) is 0.813. The van der Waals surface area contributed by atoms with E-state index >= 15 is 0 Å². The number of methoxy groups -OCH3 is 1. The minimum absolute atomic E-state index is 0.0248. The van der Waals surface area contributed by atoms with Gasteiger partial charge in [0.15, 0.2) is 18.1 Å². The molecule has 0 saturated heterocycles. The third-order valence-electron chi connectivity index (χ3n) is 4.23. The zero-order valence-electron chi connectivity index (χ0n) is 13.5. The topological polar surface area (TPSA) is 84.9 Å². The molecule has 0 heterocycles. The number of amides is 1. The molecule has 6 heteroatoms. The normalized spacial score (nSPS) is 20.6. The molecule has 6 nitrogen and oxygen atoms in total.